The number of alkyl halides is 3. The Labute approximate surface area is 221 Å². The number of aromatic nitrogens is 2. The molecule has 1 aromatic heterocycles. The van der Waals surface area contributed by atoms with Crippen LogP contribution >= 0.6 is 0 Å². The fourth-order valence-corrected chi connectivity index (χ4v) is 5.87. The lowest BCUT2D eigenvalue weighted by Gasteiger charge is -2.25. The number of carbonyl (C=O) groups is 2. The lowest BCUT2D eigenvalue weighted by atomic mass is 9.91. The largest absolute Gasteiger partial charge is 0.490 e. The molecule has 1 fully saturated rings. The third kappa shape index (κ3) is 4.24. The van der Waals surface area contributed by atoms with E-state index in [1.807, 2.05) is 18.2 Å². The molecule has 0 saturated heterocycles. The summed E-state index contributed by atoms with van der Waals surface area (Å²) in [5.74, 6) is -2.41. The van der Waals surface area contributed by atoms with Crippen LogP contribution in [0.4, 0.5) is 18.9 Å². The molecule has 3 heterocycles. The van der Waals surface area contributed by atoms with E-state index in [1.165, 1.54) is 22.3 Å². The fraction of sp³-hybridized carbons (Fsp3) is 0.276. The average Bonchev–Trinajstić information content (AvgIpc) is 3.42. The predicted molar refractivity (Wildman–Crippen MR) is 139 cm³/mol. The number of halogens is 3. The van der Waals surface area contributed by atoms with Crippen molar-refractivity contribution in [2.75, 3.05) is 18.9 Å². The summed E-state index contributed by atoms with van der Waals surface area (Å²) in [6.07, 6.45) is -3.14. The Bertz CT molecular complexity index is 1630. The van der Waals surface area contributed by atoms with Crippen LogP contribution in [-0.2, 0) is 28.0 Å². The van der Waals surface area contributed by atoms with Gasteiger partial charge in [-0.1, -0.05) is 42.5 Å². The van der Waals surface area contributed by atoms with Gasteiger partial charge in [-0.05, 0) is 60.3 Å². The number of fused-ring (bicyclic) bond motifs is 4. The van der Waals surface area contributed by atoms with Crippen LogP contribution in [0.5, 0.6) is 0 Å². The van der Waals surface area contributed by atoms with E-state index >= 15 is 0 Å². The molecule has 7 rings (SSSR count). The van der Waals surface area contributed by atoms with Crippen LogP contribution in [0.25, 0.3) is 22.2 Å². The van der Waals surface area contributed by atoms with Crippen LogP contribution in [0.15, 0.2) is 60.7 Å². The highest BCUT2D eigenvalue weighted by atomic mass is 19.4. The number of H-pyrrole nitrogens is 1. The van der Waals surface area contributed by atoms with Crippen LogP contribution < -0.4 is 5.32 Å². The van der Waals surface area contributed by atoms with E-state index in [2.05, 4.69) is 69.9 Å². The molecular weight excluding hydrogens is 509 g/mol. The Morgan fingerprint density at radius 2 is 1.87 bits per heavy atom. The van der Waals surface area contributed by atoms with Crippen molar-refractivity contribution in [2.45, 2.75) is 36.9 Å². The van der Waals surface area contributed by atoms with E-state index in [-0.39, 0.29) is 11.8 Å². The number of carboxylic acids is 1. The Kier molecular flexibility index (Phi) is 5.76. The van der Waals surface area contributed by atoms with Gasteiger partial charge in [-0.25, -0.2) is 4.79 Å². The number of carboxylic acid groups (broad SMARTS) is 1. The summed E-state index contributed by atoms with van der Waals surface area (Å²) in [4.78, 5) is 24.1. The molecule has 3 N–H and O–H groups in total. The zero-order chi connectivity index (χ0) is 27.5. The first-order valence-electron chi connectivity index (χ1n) is 12.6. The Morgan fingerprint density at radius 3 is 2.64 bits per heavy atom. The topological polar surface area (TPSA) is 98.3 Å². The van der Waals surface area contributed by atoms with Gasteiger partial charge in [-0.2, -0.15) is 18.3 Å². The number of aromatic amines is 1. The van der Waals surface area contributed by atoms with E-state index in [0.717, 1.165) is 53.8 Å². The molecule has 1 amide bonds. The summed E-state index contributed by atoms with van der Waals surface area (Å²) < 4.78 is 31.7. The van der Waals surface area contributed by atoms with Crippen LogP contribution in [0.2, 0.25) is 0 Å². The number of rotatable bonds is 2. The number of amides is 1. The third-order valence-electron chi connectivity index (χ3n) is 7.94. The number of likely N-dealkylation sites (N-methyl/N-ethyl adjacent to an activating group) is 1. The van der Waals surface area contributed by atoms with Crippen molar-refractivity contribution in [3.63, 3.8) is 0 Å². The maximum absolute atomic E-state index is 12.9. The Balaban J connectivity index is 0.000000353. The van der Waals surface area contributed by atoms with Crippen molar-refractivity contribution in [3.8, 4) is 11.3 Å². The molecule has 1 aliphatic carbocycles. The molecular formula is C29H25F3N4O3. The molecule has 2 aliphatic heterocycles. The second-order valence-corrected chi connectivity index (χ2v) is 10.4. The van der Waals surface area contributed by atoms with Crippen molar-refractivity contribution in [1.82, 2.24) is 15.1 Å². The molecule has 0 unspecified atom stereocenters. The molecule has 39 heavy (non-hydrogen) atoms. The number of anilines is 1. The van der Waals surface area contributed by atoms with Crippen molar-refractivity contribution >= 4 is 28.5 Å². The Hall–Kier alpha value is -4.18. The lowest BCUT2D eigenvalue weighted by Crippen LogP contribution is -2.26. The normalized spacial score (nSPS) is 21.6. The molecule has 0 bridgehead atoms. The SMILES string of the molecule is CN1CCc2cc(-c3n[nH]c4cc([C@@H]5C[C@@]56C(=O)Nc5ccccc56)ccc34)ccc2C1.O=C(O)C(F)(F)F. The number of nitrogens with zero attached hydrogens (tertiary/aromatic N) is 2. The molecule has 2 atom stereocenters. The molecule has 200 valence electrons. The standard InChI is InChI=1S/C27H24N4O.C2HF3O2/c1-31-11-10-16-12-18(6-7-19(16)15-31)25-20-9-8-17(13-24(20)29-30-25)22-14-27(22)21-4-2-3-5-23(21)28-26(27)32;3-2(4,5)1(6)7/h2-9,12-13,22H,10-11,14-15H2,1H3,(H,28,32)(H,29,30);(H,6,7)/t22-,27-;/m0./s1. The maximum atomic E-state index is 12.9. The number of nitrogens with one attached hydrogen (secondary N) is 2. The van der Waals surface area contributed by atoms with Gasteiger partial charge >= 0.3 is 12.1 Å². The first-order valence-corrected chi connectivity index (χ1v) is 12.6. The van der Waals surface area contributed by atoms with Crippen LogP contribution in [-0.4, -0.2) is 51.8 Å². The number of benzene rings is 3. The first-order chi connectivity index (χ1) is 18.6. The highest BCUT2D eigenvalue weighted by Gasteiger charge is 2.65. The number of aliphatic carboxylic acids is 1. The highest BCUT2D eigenvalue weighted by molar-refractivity contribution is 6.10. The predicted octanol–water partition coefficient (Wildman–Crippen LogP) is 5.23. The van der Waals surface area contributed by atoms with Crippen molar-refractivity contribution in [2.24, 2.45) is 0 Å². The zero-order valence-corrected chi connectivity index (χ0v) is 21.0. The van der Waals surface area contributed by atoms with Crippen molar-refractivity contribution in [1.29, 1.82) is 0 Å². The minimum Gasteiger partial charge on any atom is -0.475 e. The van der Waals surface area contributed by atoms with Crippen LogP contribution in [0.3, 0.4) is 0 Å². The third-order valence-corrected chi connectivity index (χ3v) is 7.94. The number of hydrogen-bond donors (Lipinski definition) is 3. The van der Waals surface area contributed by atoms with E-state index in [1.54, 1.807) is 0 Å². The highest BCUT2D eigenvalue weighted by Crippen LogP contribution is 2.65. The molecule has 1 saturated carbocycles. The smallest absolute Gasteiger partial charge is 0.475 e. The lowest BCUT2D eigenvalue weighted by molar-refractivity contribution is -0.192. The molecule has 3 aliphatic rings. The monoisotopic (exact) mass is 534 g/mol. The molecule has 3 aromatic carbocycles. The number of carbonyl (C=O) groups excluding carboxylic acids is 1. The minimum atomic E-state index is -5.08. The van der Waals surface area contributed by atoms with Gasteiger partial charge in [0, 0.05) is 35.6 Å². The minimum absolute atomic E-state index is 0.133. The quantitative estimate of drug-likeness (QED) is 0.327. The molecule has 7 nitrogen and oxygen atoms in total. The van der Waals surface area contributed by atoms with Gasteiger partial charge < -0.3 is 15.3 Å². The van der Waals surface area contributed by atoms with Gasteiger partial charge in [0.15, 0.2) is 0 Å². The Morgan fingerprint density at radius 1 is 1.10 bits per heavy atom. The van der Waals surface area contributed by atoms with E-state index in [9.17, 15) is 18.0 Å². The summed E-state index contributed by atoms with van der Waals surface area (Å²) in [6, 6.07) is 21.4. The average molecular weight is 535 g/mol. The van der Waals surface area contributed by atoms with Gasteiger partial charge in [0.05, 0.1) is 16.6 Å². The van der Waals surface area contributed by atoms with Crippen molar-refractivity contribution in [3.05, 3.63) is 82.9 Å². The number of para-hydroxylation sites is 1. The van der Waals surface area contributed by atoms with E-state index in [0.29, 0.717) is 0 Å². The fourth-order valence-electron chi connectivity index (χ4n) is 5.87. The first kappa shape index (κ1) is 25.1. The van der Waals surface area contributed by atoms with Gasteiger partial charge in [0.25, 0.3) is 0 Å². The maximum Gasteiger partial charge on any atom is 0.490 e. The number of hydrogen-bond acceptors (Lipinski definition) is 4. The zero-order valence-electron chi connectivity index (χ0n) is 21.0. The summed E-state index contributed by atoms with van der Waals surface area (Å²) in [7, 11) is 2.17. The van der Waals surface area contributed by atoms with E-state index in [4.69, 9.17) is 9.90 Å². The molecule has 1 spiro atoms. The van der Waals surface area contributed by atoms with Gasteiger partial charge in [-0.15, -0.1) is 0 Å². The van der Waals surface area contributed by atoms with Crippen LogP contribution in [0, 0.1) is 0 Å². The summed E-state index contributed by atoms with van der Waals surface area (Å²) in [5.41, 5.74) is 8.94. The second-order valence-electron chi connectivity index (χ2n) is 10.4. The van der Waals surface area contributed by atoms with Gasteiger partial charge in [-0.3, -0.25) is 9.89 Å². The molecule has 0 radical (unpaired) electrons. The summed E-state index contributed by atoms with van der Waals surface area (Å²) in [6.45, 7) is 2.11. The summed E-state index contributed by atoms with van der Waals surface area (Å²) in [5, 5.41) is 19.3. The van der Waals surface area contributed by atoms with Crippen molar-refractivity contribution < 1.29 is 27.9 Å². The van der Waals surface area contributed by atoms with E-state index < -0.39 is 17.6 Å². The summed E-state index contributed by atoms with van der Waals surface area (Å²) >= 11 is 0. The molecule has 4 aromatic rings. The van der Waals surface area contributed by atoms with Gasteiger partial charge in [0.1, 0.15) is 0 Å². The van der Waals surface area contributed by atoms with Crippen LogP contribution in [0.1, 0.15) is 34.6 Å². The second kappa shape index (κ2) is 8.94. The van der Waals surface area contributed by atoms with Gasteiger partial charge in [0.2, 0.25) is 5.91 Å². The molecule has 10 heteroatoms.